The fraction of sp³-hybridized carbons (Fsp3) is 0.364. The zero-order chi connectivity index (χ0) is 10.2. The van der Waals surface area contributed by atoms with Crippen molar-refractivity contribution in [1.82, 2.24) is 0 Å². The summed E-state index contributed by atoms with van der Waals surface area (Å²) in [5.74, 6) is 0.864. The molecule has 0 aromatic heterocycles. The van der Waals surface area contributed by atoms with Crippen molar-refractivity contribution < 1.29 is 0 Å². The summed E-state index contributed by atoms with van der Waals surface area (Å²) in [5.41, 5.74) is 8.06. The number of rotatable bonds is 5. The van der Waals surface area contributed by atoms with Crippen molar-refractivity contribution >= 4 is 11.8 Å². The standard InChI is InChI=1S/C11H14N2S/c12-6-4-10-2-1-3-11(8-10)5-7-14-9-13/h1-3,8H,4-7,12H2. The van der Waals surface area contributed by atoms with E-state index in [9.17, 15) is 0 Å². The summed E-state index contributed by atoms with van der Waals surface area (Å²) < 4.78 is 0. The summed E-state index contributed by atoms with van der Waals surface area (Å²) >= 11 is 1.30. The molecular formula is C11H14N2S. The zero-order valence-electron chi connectivity index (χ0n) is 8.07. The maximum absolute atomic E-state index is 8.38. The second-order valence-electron chi connectivity index (χ2n) is 3.05. The van der Waals surface area contributed by atoms with Gasteiger partial charge in [0.15, 0.2) is 0 Å². The first kappa shape index (κ1) is 11.1. The van der Waals surface area contributed by atoms with E-state index in [2.05, 4.69) is 29.7 Å². The van der Waals surface area contributed by atoms with Crippen LogP contribution in [0.5, 0.6) is 0 Å². The Kier molecular flexibility index (Phi) is 5.13. The van der Waals surface area contributed by atoms with Crippen molar-refractivity contribution in [1.29, 1.82) is 5.26 Å². The molecule has 0 aliphatic carbocycles. The number of nitrogens with zero attached hydrogens (tertiary/aromatic N) is 1. The second kappa shape index (κ2) is 6.47. The lowest BCUT2D eigenvalue weighted by molar-refractivity contribution is 0.963. The van der Waals surface area contributed by atoms with Gasteiger partial charge in [0.1, 0.15) is 5.40 Å². The van der Waals surface area contributed by atoms with Crippen LogP contribution in [0.25, 0.3) is 0 Å². The van der Waals surface area contributed by atoms with Crippen LogP contribution in [-0.2, 0) is 12.8 Å². The van der Waals surface area contributed by atoms with E-state index in [0.29, 0.717) is 6.54 Å². The fourth-order valence-corrected chi connectivity index (χ4v) is 1.75. The molecule has 0 heterocycles. The van der Waals surface area contributed by atoms with Crippen LogP contribution in [0.4, 0.5) is 0 Å². The van der Waals surface area contributed by atoms with Gasteiger partial charge >= 0.3 is 0 Å². The van der Waals surface area contributed by atoms with Crippen molar-refractivity contribution in [3.63, 3.8) is 0 Å². The number of hydrogen-bond acceptors (Lipinski definition) is 3. The van der Waals surface area contributed by atoms with Crippen LogP contribution in [0.15, 0.2) is 24.3 Å². The summed E-state index contributed by atoms with van der Waals surface area (Å²) in [4.78, 5) is 0. The lowest BCUT2D eigenvalue weighted by atomic mass is 10.1. The van der Waals surface area contributed by atoms with Crippen molar-refractivity contribution in [2.45, 2.75) is 12.8 Å². The van der Waals surface area contributed by atoms with Crippen LogP contribution in [-0.4, -0.2) is 12.3 Å². The van der Waals surface area contributed by atoms with Crippen molar-refractivity contribution in [3.8, 4) is 5.40 Å². The first-order chi connectivity index (χ1) is 6.86. The van der Waals surface area contributed by atoms with Gasteiger partial charge < -0.3 is 5.73 Å². The SMILES string of the molecule is N#CSCCc1cccc(CCN)c1. The molecule has 2 N–H and O–H groups in total. The molecule has 1 aromatic carbocycles. The van der Waals surface area contributed by atoms with Crippen molar-refractivity contribution in [2.75, 3.05) is 12.3 Å². The third-order valence-electron chi connectivity index (χ3n) is 1.98. The minimum Gasteiger partial charge on any atom is -0.330 e. The average molecular weight is 206 g/mol. The molecule has 74 valence electrons. The number of benzene rings is 1. The Bertz CT molecular complexity index is 317. The number of thiocyanates is 1. The Morgan fingerprint density at radius 1 is 1.29 bits per heavy atom. The summed E-state index contributed by atoms with van der Waals surface area (Å²) in [5, 5.41) is 10.5. The summed E-state index contributed by atoms with van der Waals surface area (Å²) in [6, 6.07) is 8.41. The van der Waals surface area contributed by atoms with Gasteiger partial charge in [-0.3, -0.25) is 0 Å². The van der Waals surface area contributed by atoms with Crippen molar-refractivity contribution in [2.24, 2.45) is 5.73 Å². The molecule has 3 heteroatoms. The van der Waals surface area contributed by atoms with E-state index < -0.39 is 0 Å². The topological polar surface area (TPSA) is 49.8 Å². The lowest BCUT2D eigenvalue weighted by Crippen LogP contribution is -2.03. The molecule has 0 saturated heterocycles. The molecular weight excluding hydrogens is 192 g/mol. The van der Waals surface area contributed by atoms with Gasteiger partial charge in [0, 0.05) is 5.75 Å². The molecule has 0 amide bonds. The Hall–Kier alpha value is -0.980. The number of thioether (sulfide) groups is 1. The van der Waals surface area contributed by atoms with Crippen LogP contribution in [0.2, 0.25) is 0 Å². The van der Waals surface area contributed by atoms with Gasteiger partial charge in [-0.2, -0.15) is 5.26 Å². The molecule has 0 aliphatic heterocycles. The van der Waals surface area contributed by atoms with E-state index in [1.807, 2.05) is 0 Å². The van der Waals surface area contributed by atoms with Gasteiger partial charge in [0.05, 0.1) is 0 Å². The highest BCUT2D eigenvalue weighted by atomic mass is 32.2. The van der Waals surface area contributed by atoms with Crippen molar-refractivity contribution in [3.05, 3.63) is 35.4 Å². The normalized spacial score (nSPS) is 9.71. The van der Waals surface area contributed by atoms with Crippen LogP contribution < -0.4 is 5.73 Å². The molecule has 1 aromatic rings. The maximum Gasteiger partial charge on any atom is 0.133 e. The van der Waals surface area contributed by atoms with Gasteiger partial charge in [0.25, 0.3) is 0 Å². The fourth-order valence-electron chi connectivity index (χ4n) is 1.32. The van der Waals surface area contributed by atoms with Gasteiger partial charge in [-0.1, -0.05) is 24.3 Å². The smallest absolute Gasteiger partial charge is 0.133 e. The largest absolute Gasteiger partial charge is 0.330 e. The highest BCUT2D eigenvalue weighted by Crippen LogP contribution is 2.09. The minimum atomic E-state index is 0.691. The highest BCUT2D eigenvalue weighted by Gasteiger charge is 1.95. The van der Waals surface area contributed by atoms with Crippen LogP contribution in [0.1, 0.15) is 11.1 Å². The van der Waals surface area contributed by atoms with E-state index in [4.69, 9.17) is 11.0 Å². The predicted octanol–water partition coefficient (Wildman–Crippen LogP) is 1.94. The quantitative estimate of drug-likeness (QED) is 0.591. The zero-order valence-corrected chi connectivity index (χ0v) is 8.89. The summed E-state index contributed by atoms with van der Waals surface area (Å²) in [6.07, 6.45) is 1.88. The Morgan fingerprint density at radius 3 is 2.64 bits per heavy atom. The van der Waals surface area contributed by atoms with Gasteiger partial charge in [0.2, 0.25) is 0 Å². The molecule has 2 nitrogen and oxygen atoms in total. The second-order valence-corrected chi connectivity index (χ2v) is 3.93. The third kappa shape index (κ3) is 3.82. The van der Waals surface area contributed by atoms with E-state index in [0.717, 1.165) is 18.6 Å². The molecule has 0 saturated carbocycles. The van der Waals surface area contributed by atoms with Gasteiger partial charge in [-0.05, 0) is 42.3 Å². The van der Waals surface area contributed by atoms with Gasteiger partial charge in [-0.25, -0.2) is 0 Å². The number of hydrogen-bond donors (Lipinski definition) is 1. The molecule has 0 unspecified atom stereocenters. The summed E-state index contributed by atoms with van der Waals surface area (Å²) in [7, 11) is 0. The van der Waals surface area contributed by atoms with E-state index in [-0.39, 0.29) is 0 Å². The summed E-state index contributed by atoms with van der Waals surface area (Å²) in [6.45, 7) is 0.691. The predicted molar refractivity (Wildman–Crippen MR) is 61.0 cm³/mol. The van der Waals surface area contributed by atoms with Crippen LogP contribution >= 0.6 is 11.8 Å². The third-order valence-corrected chi connectivity index (χ3v) is 2.52. The Morgan fingerprint density at radius 2 is 2.00 bits per heavy atom. The average Bonchev–Trinajstić information content (AvgIpc) is 2.19. The highest BCUT2D eigenvalue weighted by molar-refractivity contribution is 8.03. The van der Waals surface area contributed by atoms with E-state index in [1.165, 1.54) is 22.9 Å². The molecule has 0 atom stereocenters. The number of nitrogens with two attached hydrogens (primary N) is 1. The first-order valence-corrected chi connectivity index (χ1v) is 5.64. The Balaban J connectivity index is 2.51. The first-order valence-electron chi connectivity index (χ1n) is 4.65. The molecule has 0 spiro atoms. The minimum absolute atomic E-state index is 0.691. The molecule has 0 fully saturated rings. The van der Waals surface area contributed by atoms with Crippen LogP contribution in [0.3, 0.4) is 0 Å². The number of aryl methyl sites for hydroxylation is 1. The lowest BCUT2D eigenvalue weighted by Gasteiger charge is -2.02. The number of nitriles is 1. The van der Waals surface area contributed by atoms with E-state index >= 15 is 0 Å². The monoisotopic (exact) mass is 206 g/mol. The van der Waals surface area contributed by atoms with Gasteiger partial charge in [-0.15, -0.1) is 0 Å². The van der Waals surface area contributed by atoms with Crippen LogP contribution in [0, 0.1) is 10.7 Å². The maximum atomic E-state index is 8.38. The molecule has 14 heavy (non-hydrogen) atoms. The Labute approximate surface area is 89.1 Å². The molecule has 0 bridgehead atoms. The molecule has 0 radical (unpaired) electrons. The molecule has 1 rings (SSSR count). The van der Waals surface area contributed by atoms with E-state index in [1.54, 1.807) is 0 Å². The molecule has 0 aliphatic rings.